The molecular formula is C26H33N3O2. The molecular weight excluding hydrogens is 386 g/mol. The van der Waals surface area contributed by atoms with Crippen molar-refractivity contribution in [3.8, 4) is 0 Å². The van der Waals surface area contributed by atoms with Crippen molar-refractivity contribution in [3.63, 3.8) is 0 Å². The Bertz CT molecular complexity index is 924. The topological polar surface area (TPSA) is 52.7 Å². The number of benzene rings is 2. The summed E-state index contributed by atoms with van der Waals surface area (Å²) in [6.45, 7) is 7.96. The molecule has 0 aliphatic carbocycles. The van der Waals surface area contributed by atoms with Gasteiger partial charge in [-0.25, -0.2) is 0 Å². The van der Waals surface area contributed by atoms with E-state index in [0.29, 0.717) is 16.8 Å². The second-order valence-corrected chi connectivity index (χ2v) is 8.91. The predicted octanol–water partition coefficient (Wildman–Crippen LogP) is 4.97. The SMILES string of the molecule is CCc1ccc(C(=O)Nc2ccc(N3CCC(C)CC3)c(C(=O)N3CCCC3)c2)cc1. The molecule has 2 heterocycles. The molecule has 0 atom stereocenters. The van der Waals surface area contributed by atoms with Crippen molar-refractivity contribution in [3.05, 3.63) is 59.2 Å². The van der Waals surface area contributed by atoms with Crippen LogP contribution in [0.5, 0.6) is 0 Å². The van der Waals surface area contributed by atoms with Gasteiger partial charge in [-0.3, -0.25) is 9.59 Å². The molecule has 4 rings (SSSR count). The van der Waals surface area contributed by atoms with E-state index in [-0.39, 0.29) is 11.8 Å². The average molecular weight is 420 g/mol. The van der Waals surface area contributed by atoms with Crippen molar-refractivity contribution in [1.29, 1.82) is 0 Å². The van der Waals surface area contributed by atoms with Gasteiger partial charge in [-0.2, -0.15) is 0 Å². The van der Waals surface area contributed by atoms with E-state index in [0.717, 1.165) is 69.9 Å². The van der Waals surface area contributed by atoms with Crippen LogP contribution in [0.4, 0.5) is 11.4 Å². The third-order valence-electron chi connectivity index (χ3n) is 6.63. The second kappa shape index (κ2) is 9.54. The molecule has 2 aromatic carbocycles. The van der Waals surface area contributed by atoms with Crippen LogP contribution < -0.4 is 10.2 Å². The third-order valence-corrected chi connectivity index (χ3v) is 6.63. The largest absolute Gasteiger partial charge is 0.371 e. The molecule has 5 nitrogen and oxygen atoms in total. The summed E-state index contributed by atoms with van der Waals surface area (Å²) in [6, 6.07) is 13.5. The summed E-state index contributed by atoms with van der Waals surface area (Å²) in [7, 11) is 0. The van der Waals surface area contributed by atoms with Gasteiger partial charge in [-0.15, -0.1) is 0 Å². The standard InChI is InChI=1S/C26H33N3O2/c1-3-20-6-8-21(9-7-20)25(30)27-22-10-11-24(28-16-12-19(2)13-17-28)23(18-22)26(31)29-14-4-5-15-29/h6-11,18-19H,3-5,12-17H2,1-2H3,(H,27,30). The van der Waals surface area contributed by atoms with E-state index in [1.807, 2.05) is 47.4 Å². The molecule has 0 aromatic heterocycles. The third kappa shape index (κ3) is 4.92. The average Bonchev–Trinajstić information content (AvgIpc) is 3.34. The molecule has 2 aliphatic heterocycles. The molecule has 2 fully saturated rings. The Labute approximate surface area is 185 Å². The highest BCUT2D eigenvalue weighted by atomic mass is 16.2. The Kier molecular flexibility index (Phi) is 6.59. The quantitative estimate of drug-likeness (QED) is 0.744. The van der Waals surface area contributed by atoms with Crippen LogP contribution in [-0.4, -0.2) is 42.9 Å². The molecule has 5 heteroatoms. The molecule has 0 bridgehead atoms. The van der Waals surface area contributed by atoms with Crippen molar-refractivity contribution >= 4 is 23.2 Å². The van der Waals surface area contributed by atoms with Crippen LogP contribution in [0.3, 0.4) is 0 Å². The van der Waals surface area contributed by atoms with Crippen LogP contribution in [0, 0.1) is 5.92 Å². The first-order valence-corrected chi connectivity index (χ1v) is 11.6. The van der Waals surface area contributed by atoms with Gasteiger partial charge in [0, 0.05) is 43.1 Å². The Morgan fingerprint density at radius 1 is 0.968 bits per heavy atom. The highest BCUT2D eigenvalue weighted by Crippen LogP contribution is 2.30. The van der Waals surface area contributed by atoms with Crippen molar-refractivity contribution < 1.29 is 9.59 Å². The fourth-order valence-electron chi connectivity index (χ4n) is 4.50. The van der Waals surface area contributed by atoms with Crippen molar-refractivity contribution in [2.45, 2.75) is 46.0 Å². The number of piperidine rings is 1. The normalized spacial score (nSPS) is 17.1. The number of rotatable bonds is 5. The van der Waals surface area contributed by atoms with E-state index >= 15 is 0 Å². The van der Waals surface area contributed by atoms with E-state index in [4.69, 9.17) is 0 Å². The molecule has 0 radical (unpaired) electrons. The second-order valence-electron chi connectivity index (χ2n) is 8.91. The summed E-state index contributed by atoms with van der Waals surface area (Å²) in [6.07, 6.45) is 5.35. The summed E-state index contributed by atoms with van der Waals surface area (Å²) in [5.41, 5.74) is 4.19. The van der Waals surface area contributed by atoms with Gasteiger partial charge in [-0.1, -0.05) is 26.0 Å². The summed E-state index contributed by atoms with van der Waals surface area (Å²) < 4.78 is 0. The molecule has 2 aromatic rings. The van der Waals surface area contributed by atoms with Gasteiger partial charge in [0.2, 0.25) is 0 Å². The number of anilines is 2. The molecule has 1 N–H and O–H groups in total. The zero-order valence-electron chi connectivity index (χ0n) is 18.7. The van der Waals surface area contributed by atoms with E-state index in [9.17, 15) is 9.59 Å². The van der Waals surface area contributed by atoms with Crippen molar-refractivity contribution in [2.75, 3.05) is 36.4 Å². The molecule has 2 saturated heterocycles. The summed E-state index contributed by atoms with van der Waals surface area (Å²) in [4.78, 5) is 30.4. The van der Waals surface area contributed by atoms with Crippen molar-refractivity contribution in [1.82, 2.24) is 4.90 Å². The Morgan fingerprint density at radius 2 is 1.65 bits per heavy atom. The molecule has 0 unspecified atom stereocenters. The summed E-state index contributed by atoms with van der Waals surface area (Å²) >= 11 is 0. The van der Waals surface area contributed by atoms with Crippen LogP contribution in [-0.2, 0) is 6.42 Å². The number of aryl methyl sites for hydroxylation is 1. The van der Waals surface area contributed by atoms with E-state index in [1.165, 1.54) is 5.56 Å². The number of hydrogen-bond acceptors (Lipinski definition) is 3. The molecule has 0 spiro atoms. The van der Waals surface area contributed by atoms with E-state index in [2.05, 4.69) is 24.1 Å². The summed E-state index contributed by atoms with van der Waals surface area (Å²) in [5, 5.41) is 2.99. The lowest BCUT2D eigenvalue weighted by molar-refractivity contribution is 0.0793. The first-order chi connectivity index (χ1) is 15.0. The minimum absolute atomic E-state index is 0.0783. The van der Waals surface area contributed by atoms with Gasteiger partial charge in [-0.05, 0) is 73.9 Å². The fraction of sp³-hybridized carbons (Fsp3) is 0.462. The molecule has 0 saturated carbocycles. The lowest BCUT2D eigenvalue weighted by Crippen LogP contribution is -2.35. The minimum Gasteiger partial charge on any atom is -0.371 e. The zero-order valence-corrected chi connectivity index (χ0v) is 18.7. The monoisotopic (exact) mass is 419 g/mol. The number of nitrogens with zero attached hydrogens (tertiary/aromatic N) is 2. The number of carbonyl (C=O) groups is 2. The first-order valence-electron chi connectivity index (χ1n) is 11.6. The highest BCUT2D eigenvalue weighted by Gasteiger charge is 2.26. The van der Waals surface area contributed by atoms with Gasteiger partial charge in [0.05, 0.1) is 5.56 Å². The van der Waals surface area contributed by atoms with Crippen LogP contribution in [0.15, 0.2) is 42.5 Å². The Balaban J connectivity index is 1.58. The number of amides is 2. The molecule has 31 heavy (non-hydrogen) atoms. The Hall–Kier alpha value is -2.82. The van der Waals surface area contributed by atoms with Gasteiger partial charge < -0.3 is 15.1 Å². The maximum atomic E-state index is 13.3. The summed E-state index contributed by atoms with van der Waals surface area (Å²) in [5.74, 6) is 0.655. The van der Waals surface area contributed by atoms with E-state index in [1.54, 1.807) is 0 Å². The van der Waals surface area contributed by atoms with Crippen LogP contribution >= 0.6 is 0 Å². The van der Waals surface area contributed by atoms with Crippen molar-refractivity contribution in [2.24, 2.45) is 5.92 Å². The number of likely N-dealkylation sites (tertiary alicyclic amines) is 1. The van der Waals surface area contributed by atoms with Crippen LogP contribution in [0.2, 0.25) is 0 Å². The maximum Gasteiger partial charge on any atom is 0.256 e. The maximum absolute atomic E-state index is 13.3. The van der Waals surface area contributed by atoms with Gasteiger partial charge in [0.1, 0.15) is 0 Å². The fourth-order valence-corrected chi connectivity index (χ4v) is 4.50. The number of carbonyl (C=O) groups excluding carboxylic acids is 2. The number of hydrogen-bond donors (Lipinski definition) is 1. The minimum atomic E-state index is -0.151. The highest BCUT2D eigenvalue weighted by molar-refractivity contribution is 6.06. The smallest absolute Gasteiger partial charge is 0.256 e. The lowest BCUT2D eigenvalue weighted by atomic mass is 9.97. The van der Waals surface area contributed by atoms with Gasteiger partial charge >= 0.3 is 0 Å². The van der Waals surface area contributed by atoms with Crippen LogP contribution in [0.1, 0.15) is 65.8 Å². The Morgan fingerprint density at radius 3 is 2.29 bits per heavy atom. The predicted molar refractivity (Wildman–Crippen MR) is 126 cm³/mol. The molecule has 164 valence electrons. The van der Waals surface area contributed by atoms with Gasteiger partial charge in [0.25, 0.3) is 11.8 Å². The zero-order chi connectivity index (χ0) is 21.8. The first kappa shape index (κ1) is 21.4. The van der Waals surface area contributed by atoms with E-state index < -0.39 is 0 Å². The van der Waals surface area contributed by atoms with Gasteiger partial charge in [0.15, 0.2) is 0 Å². The lowest BCUT2D eigenvalue weighted by Gasteiger charge is -2.34. The number of nitrogens with one attached hydrogen (secondary N) is 1. The molecule has 2 aliphatic rings. The van der Waals surface area contributed by atoms with Crippen LogP contribution in [0.25, 0.3) is 0 Å². The molecule has 2 amide bonds.